The Labute approximate surface area is 98.0 Å². The second-order valence-corrected chi connectivity index (χ2v) is 4.57. The molecule has 0 atom stereocenters. The molecule has 0 saturated carbocycles. The van der Waals surface area contributed by atoms with Crippen molar-refractivity contribution in [3.63, 3.8) is 0 Å². The van der Waals surface area contributed by atoms with Crippen LogP contribution in [0.5, 0.6) is 0 Å². The largest absolute Gasteiger partial charge is 0.251 e. The Morgan fingerprint density at radius 1 is 1.27 bits per heavy atom. The normalized spacial score (nSPS) is 10.6. The maximum absolute atomic E-state index is 5.71. The zero-order valence-electron chi connectivity index (χ0n) is 8.62. The monoisotopic (exact) mass is 238 g/mol. The van der Waals surface area contributed by atoms with Gasteiger partial charge in [0.1, 0.15) is 5.01 Å². The highest BCUT2D eigenvalue weighted by atomic mass is 35.5. The molecule has 2 nitrogen and oxygen atoms in total. The van der Waals surface area contributed by atoms with Crippen LogP contribution in [0, 0.1) is 13.8 Å². The summed E-state index contributed by atoms with van der Waals surface area (Å²) in [5.74, 6) is 0.460. The smallest absolute Gasteiger partial charge is 0.142 e. The van der Waals surface area contributed by atoms with E-state index in [2.05, 4.69) is 23.0 Å². The predicted octanol–water partition coefficient (Wildman–Crippen LogP) is 3.56. The molecule has 4 heteroatoms. The Kier molecular flexibility index (Phi) is 3.03. The summed E-state index contributed by atoms with van der Waals surface area (Å²) in [5.41, 5.74) is 4.08. The van der Waals surface area contributed by atoms with Gasteiger partial charge >= 0.3 is 0 Å². The number of nitrogens with zero attached hydrogens (tertiary/aromatic N) is 2. The molecule has 78 valence electrons. The average molecular weight is 239 g/mol. The molecule has 2 rings (SSSR count). The van der Waals surface area contributed by atoms with Gasteiger partial charge in [0.15, 0.2) is 0 Å². The summed E-state index contributed by atoms with van der Waals surface area (Å²) in [5, 5.41) is 2.92. The summed E-state index contributed by atoms with van der Waals surface area (Å²) >= 11 is 7.30. The molecule has 0 aromatic carbocycles. The van der Waals surface area contributed by atoms with Crippen LogP contribution in [0.25, 0.3) is 10.7 Å². The molecule has 0 saturated heterocycles. The van der Waals surface area contributed by atoms with Crippen LogP contribution < -0.4 is 0 Å². The van der Waals surface area contributed by atoms with Crippen molar-refractivity contribution in [3.05, 3.63) is 34.5 Å². The zero-order valence-corrected chi connectivity index (χ0v) is 10.2. The molecule has 0 aliphatic rings. The van der Waals surface area contributed by atoms with Crippen molar-refractivity contribution in [3.8, 4) is 10.7 Å². The lowest BCUT2D eigenvalue weighted by molar-refractivity contribution is 1.15. The lowest BCUT2D eigenvalue weighted by Gasteiger charge is -2.00. The maximum Gasteiger partial charge on any atom is 0.142 e. The number of alkyl halides is 1. The van der Waals surface area contributed by atoms with Gasteiger partial charge in [-0.3, -0.25) is 4.98 Å². The summed E-state index contributed by atoms with van der Waals surface area (Å²) in [6.07, 6.45) is 0. The number of pyridine rings is 1. The van der Waals surface area contributed by atoms with Crippen molar-refractivity contribution in [2.24, 2.45) is 0 Å². The molecule has 0 radical (unpaired) electrons. The molecule has 0 aliphatic carbocycles. The van der Waals surface area contributed by atoms with E-state index in [4.69, 9.17) is 11.6 Å². The summed E-state index contributed by atoms with van der Waals surface area (Å²) in [6.45, 7) is 4.06. The number of rotatable bonds is 2. The van der Waals surface area contributed by atoms with Gasteiger partial charge in [-0.2, -0.15) is 0 Å². The lowest BCUT2D eigenvalue weighted by Crippen LogP contribution is -1.88. The van der Waals surface area contributed by atoms with E-state index >= 15 is 0 Å². The minimum Gasteiger partial charge on any atom is -0.251 e. The number of aryl methyl sites for hydroxylation is 2. The fraction of sp³-hybridized carbons (Fsp3) is 0.273. The Morgan fingerprint density at radius 2 is 2.07 bits per heavy atom. The van der Waals surface area contributed by atoms with E-state index in [1.54, 1.807) is 11.3 Å². The first-order chi connectivity index (χ1) is 7.19. The average Bonchev–Trinajstić information content (AvgIpc) is 2.64. The van der Waals surface area contributed by atoms with E-state index in [9.17, 15) is 0 Å². The molecule has 15 heavy (non-hydrogen) atoms. The summed E-state index contributed by atoms with van der Waals surface area (Å²) < 4.78 is 0. The number of halogens is 1. The molecular weight excluding hydrogens is 228 g/mol. The minimum atomic E-state index is 0.460. The van der Waals surface area contributed by atoms with E-state index in [-0.39, 0.29) is 0 Å². The van der Waals surface area contributed by atoms with Crippen LogP contribution in [0.3, 0.4) is 0 Å². The Balaban J connectivity index is 2.44. The molecule has 2 aromatic rings. The maximum atomic E-state index is 5.71. The standard InChI is InChI=1S/C11H11ClN2S/c1-7-3-8(2)13-10(4-7)11-14-9(5-12)6-15-11/h3-4,6H,5H2,1-2H3. The van der Waals surface area contributed by atoms with Crippen molar-refractivity contribution in [1.82, 2.24) is 9.97 Å². The number of hydrogen-bond acceptors (Lipinski definition) is 3. The van der Waals surface area contributed by atoms with Gasteiger partial charge in [-0.25, -0.2) is 4.98 Å². The Hall–Kier alpha value is -0.930. The van der Waals surface area contributed by atoms with Gasteiger partial charge in [0, 0.05) is 11.1 Å². The van der Waals surface area contributed by atoms with E-state index in [0.717, 1.165) is 22.1 Å². The lowest BCUT2D eigenvalue weighted by atomic mass is 10.2. The molecule has 0 aliphatic heterocycles. The molecule has 0 bridgehead atoms. The third-order valence-electron chi connectivity index (χ3n) is 2.01. The van der Waals surface area contributed by atoms with Crippen LogP contribution in [-0.2, 0) is 5.88 Å². The fourth-order valence-electron chi connectivity index (χ4n) is 1.44. The number of aromatic nitrogens is 2. The molecule has 0 unspecified atom stereocenters. The first kappa shape index (κ1) is 10.6. The first-order valence-corrected chi connectivity index (χ1v) is 6.06. The zero-order chi connectivity index (χ0) is 10.8. The van der Waals surface area contributed by atoms with Crippen molar-refractivity contribution in [1.29, 1.82) is 0 Å². The van der Waals surface area contributed by atoms with Crippen molar-refractivity contribution in [2.75, 3.05) is 0 Å². The highest BCUT2D eigenvalue weighted by Crippen LogP contribution is 2.23. The minimum absolute atomic E-state index is 0.460. The first-order valence-electron chi connectivity index (χ1n) is 4.65. The van der Waals surface area contributed by atoms with Gasteiger partial charge in [0.2, 0.25) is 0 Å². The molecule has 0 fully saturated rings. The van der Waals surface area contributed by atoms with E-state index in [1.807, 2.05) is 18.4 Å². The Bertz CT molecular complexity index is 459. The summed E-state index contributed by atoms with van der Waals surface area (Å²) in [4.78, 5) is 8.86. The molecule has 2 aromatic heterocycles. The van der Waals surface area contributed by atoms with Gasteiger partial charge in [0.05, 0.1) is 17.3 Å². The van der Waals surface area contributed by atoms with Gasteiger partial charge < -0.3 is 0 Å². The van der Waals surface area contributed by atoms with E-state index in [0.29, 0.717) is 5.88 Å². The third-order valence-corrected chi connectivity index (χ3v) is 3.19. The van der Waals surface area contributed by atoms with Crippen molar-refractivity contribution < 1.29 is 0 Å². The topological polar surface area (TPSA) is 25.8 Å². The molecular formula is C11H11ClN2S. The second kappa shape index (κ2) is 4.29. The third kappa shape index (κ3) is 2.36. The number of hydrogen-bond donors (Lipinski definition) is 0. The highest BCUT2D eigenvalue weighted by Gasteiger charge is 2.06. The van der Waals surface area contributed by atoms with Crippen molar-refractivity contribution in [2.45, 2.75) is 19.7 Å². The van der Waals surface area contributed by atoms with Gasteiger partial charge in [-0.1, -0.05) is 0 Å². The van der Waals surface area contributed by atoms with Gasteiger partial charge in [0.25, 0.3) is 0 Å². The molecule has 2 heterocycles. The van der Waals surface area contributed by atoms with Gasteiger partial charge in [-0.15, -0.1) is 22.9 Å². The van der Waals surface area contributed by atoms with E-state index in [1.165, 1.54) is 5.56 Å². The summed E-state index contributed by atoms with van der Waals surface area (Å²) in [7, 11) is 0. The van der Waals surface area contributed by atoms with Crippen LogP contribution in [0.1, 0.15) is 17.0 Å². The molecule has 0 amide bonds. The Morgan fingerprint density at radius 3 is 2.67 bits per heavy atom. The fourth-order valence-corrected chi connectivity index (χ4v) is 2.44. The quantitative estimate of drug-likeness (QED) is 0.748. The van der Waals surface area contributed by atoms with Crippen LogP contribution in [-0.4, -0.2) is 9.97 Å². The molecule has 0 N–H and O–H groups in total. The molecule has 0 spiro atoms. The number of thiazole rings is 1. The van der Waals surface area contributed by atoms with Crippen LogP contribution >= 0.6 is 22.9 Å². The van der Waals surface area contributed by atoms with Gasteiger partial charge in [-0.05, 0) is 31.5 Å². The van der Waals surface area contributed by atoms with Crippen LogP contribution in [0.15, 0.2) is 17.5 Å². The van der Waals surface area contributed by atoms with Crippen molar-refractivity contribution >= 4 is 22.9 Å². The second-order valence-electron chi connectivity index (χ2n) is 3.45. The summed E-state index contributed by atoms with van der Waals surface area (Å²) in [6, 6.07) is 4.10. The SMILES string of the molecule is Cc1cc(C)nc(-c2nc(CCl)cs2)c1. The van der Waals surface area contributed by atoms with Crippen LogP contribution in [0.4, 0.5) is 0 Å². The van der Waals surface area contributed by atoms with Crippen LogP contribution in [0.2, 0.25) is 0 Å². The predicted molar refractivity (Wildman–Crippen MR) is 64.4 cm³/mol. The highest BCUT2D eigenvalue weighted by molar-refractivity contribution is 7.13. The van der Waals surface area contributed by atoms with E-state index < -0.39 is 0 Å².